The van der Waals surface area contributed by atoms with Gasteiger partial charge in [-0.25, -0.2) is 4.39 Å². The number of hydrogen-bond donors (Lipinski definition) is 0. The van der Waals surface area contributed by atoms with Crippen LogP contribution < -0.4 is 0 Å². The van der Waals surface area contributed by atoms with Gasteiger partial charge < -0.3 is 9.64 Å². The van der Waals surface area contributed by atoms with Crippen LogP contribution in [0, 0.1) is 11.7 Å². The average molecular weight is 293 g/mol. The summed E-state index contributed by atoms with van der Waals surface area (Å²) in [6, 6.07) is 6.33. The molecule has 1 aliphatic carbocycles. The van der Waals surface area contributed by atoms with Crippen molar-refractivity contribution in [2.24, 2.45) is 5.92 Å². The monoisotopic (exact) mass is 293 g/mol. The molecule has 2 atom stereocenters. The predicted octanol–water partition coefficient (Wildman–Crippen LogP) is 2.34. The molecule has 21 heavy (non-hydrogen) atoms. The molecule has 0 aliphatic heterocycles. The van der Waals surface area contributed by atoms with Gasteiger partial charge in [0.1, 0.15) is 5.82 Å². The third-order valence-corrected chi connectivity index (χ3v) is 3.88. The van der Waals surface area contributed by atoms with Crippen molar-refractivity contribution in [3.05, 3.63) is 35.6 Å². The summed E-state index contributed by atoms with van der Waals surface area (Å²) in [5, 5.41) is 0. The molecule has 1 saturated carbocycles. The van der Waals surface area contributed by atoms with E-state index in [2.05, 4.69) is 4.74 Å². The van der Waals surface area contributed by atoms with Crippen molar-refractivity contribution < 1.29 is 18.7 Å². The lowest BCUT2D eigenvalue weighted by molar-refractivity contribution is -0.141. The molecule has 114 valence electrons. The number of esters is 1. The summed E-state index contributed by atoms with van der Waals surface area (Å²) in [5.41, 5.74) is 1.01. The van der Waals surface area contributed by atoms with Crippen molar-refractivity contribution in [1.29, 1.82) is 0 Å². The molecule has 1 aromatic rings. The molecule has 2 rings (SSSR count). The zero-order valence-corrected chi connectivity index (χ0v) is 12.3. The summed E-state index contributed by atoms with van der Waals surface area (Å²) in [4.78, 5) is 24.9. The summed E-state index contributed by atoms with van der Waals surface area (Å²) in [7, 11) is 3.11. The van der Waals surface area contributed by atoms with Crippen molar-refractivity contribution in [1.82, 2.24) is 4.90 Å². The first kappa shape index (κ1) is 15.5. The van der Waals surface area contributed by atoms with Crippen LogP contribution in [-0.2, 0) is 14.3 Å². The SMILES string of the molecule is COC(=O)CCCN(C)C(=O)C1CC1c1ccc(F)cc1. The Labute approximate surface area is 123 Å². The number of rotatable bonds is 6. The summed E-state index contributed by atoms with van der Waals surface area (Å²) in [6.45, 7) is 0.542. The molecular formula is C16H20FNO3. The lowest BCUT2D eigenvalue weighted by Gasteiger charge is -2.16. The number of amides is 1. The zero-order chi connectivity index (χ0) is 15.4. The molecule has 0 aromatic heterocycles. The van der Waals surface area contributed by atoms with Gasteiger partial charge in [-0.2, -0.15) is 0 Å². The molecule has 1 amide bonds. The van der Waals surface area contributed by atoms with Gasteiger partial charge in [0, 0.05) is 25.9 Å². The third-order valence-electron chi connectivity index (χ3n) is 3.88. The van der Waals surface area contributed by atoms with Crippen LogP contribution in [0.15, 0.2) is 24.3 Å². The number of benzene rings is 1. The third kappa shape index (κ3) is 4.03. The Hall–Kier alpha value is -1.91. The Balaban J connectivity index is 1.79. The first-order chi connectivity index (χ1) is 10.0. The molecule has 0 radical (unpaired) electrons. The minimum Gasteiger partial charge on any atom is -0.469 e. The van der Waals surface area contributed by atoms with Crippen LogP contribution in [0.2, 0.25) is 0 Å². The van der Waals surface area contributed by atoms with Crippen LogP contribution >= 0.6 is 0 Å². The maximum atomic E-state index is 12.9. The molecule has 4 nitrogen and oxygen atoms in total. The van der Waals surface area contributed by atoms with Gasteiger partial charge in [-0.05, 0) is 36.5 Å². The number of hydrogen-bond acceptors (Lipinski definition) is 3. The second kappa shape index (κ2) is 6.70. The predicted molar refractivity (Wildman–Crippen MR) is 76.1 cm³/mol. The highest BCUT2D eigenvalue weighted by Gasteiger charge is 2.44. The summed E-state index contributed by atoms with van der Waals surface area (Å²) in [6.07, 6.45) is 1.73. The average Bonchev–Trinajstić information content (AvgIpc) is 3.27. The lowest BCUT2D eigenvalue weighted by atomic mass is 10.1. The molecule has 0 bridgehead atoms. The van der Waals surface area contributed by atoms with E-state index in [1.165, 1.54) is 19.2 Å². The summed E-state index contributed by atoms with van der Waals surface area (Å²) in [5.74, 6) is -0.248. The number of halogens is 1. The van der Waals surface area contributed by atoms with Crippen molar-refractivity contribution >= 4 is 11.9 Å². The van der Waals surface area contributed by atoms with E-state index in [4.69, 9.17) is 0 Å². The van der Waals surface area contributed by atoms with Crippen LogP contribution in [0.4, 0.5) is 4.39 Å². The second-order valence-electron chi connectivity index (χ2n) is 5.44. The smallest absolute Gasteiger partial charge is 0.305 e. The van der Waals surface area contributed by atoms with Crippen molar-refractivity contribution in [3.8, 4) is 0 Å². The molecule has 1 aliphatic rings. The fourth-order valence-electron chi connectivity index (χ4n) is 2.50. The van der Waals surface area contributed by atoms with Gasteiger partial charge in [0.05, 0.1) is 7.11 Å². The molecule has 0 N–H and O–H groups in total. The molecular weight excluding hydrogens is 273 g/mol. The molecule has 5 heteroatoms. The van der Waals surface area contributed by atoms with Gasteiger partial charge in [-0.3, -0.25) is 9.59 Å². The van der Waals surface area contributed by atoms with Crippen LogP contribution in [-0.4, -0.2) is 37.5 Å². The topological polar surface area (TPSA) is 46.6 Å². The van der Waals surface area contributed by atoms with Gasteiger partial charge in [0.2, 0.25) is 5.91 Å². The van der Waals surface area contributed by atoms with Crippen LogP contribution in [0.3, 0.4) is 0 Å². The Kier molecular flexibility index (Phi) is 4.94. The van der Waals surface area contributed by atoms with E-state index in [1.54, 1.807) is 24.1 Å². The zero-order valence-electron chi connectivity index (χ0n) is 12.3. The van der Waals surface area contributed by atoms with Gasteiger partial charge in [0.25, 0.3) is 0 Å². The quantitative estimate of drug-likeness (QED) is 0.756. The van der Waals surface area contributed by atoms with Crippen LogP contribution in [0.25, 0.3) is 0 Å². The number of carbonyl (C=O) groups is 2. The summed E-state index contributed by atoms with van der Waals surface area (Å²) >= 11 is 0. The van der Waals surface area contributed by atoms with Crippen molar-refractivity contribution in [3.63, 3.8) is 0 Å². The molecule has 1 fully saturated rings. The van der Waals surface area contributed by atoms with Crippen LogP contribution in [0.1, 0.15) is 30.7 Å². The maximum Gasteiger partial charge on any atom is 0.305 e. The number of nitrogens with zero attached hydrogens (tertiary/aromatic N) is 1. The van der Waals surface area contributed by atoms with Gasteiger partial charge in [0.15, 0.2) is 0 Å². The van der Waals surface area contributed by atoms with E-state index in [0.29, 0.717) is 19.4 Å². The van der Waals surface area contributed by atoms with Gasteiger partial charge >= 0.3 is 5.97 Å². The Morgan fingerprint density at radius 2 is 2.00 bits per heavy atom. The first-order valence-corrected chi connectivity index (χ1v) is 7.10. The standard InChI is InChI=1S/C16H20FNO3/c1-18(9-3-4-15(19)21-2)16(20)14-10-13(14)11-5-7-12(17)8-6-11/h5-8,13-14H,3-4,9-10H2,1-2H3. The van der Waals surface area contributed by atoms with E-state index in [-0.39, 0.29) is 29.5 Å². The Bertz CT molecular complexity index is 515. The van der Waals surface area contributed by atoms with E-state index >= 15 is 0 Å². The minimum absolute atomic E-state index is 0.0152. The van der Waals surface area contributed by atoms with Gasteiger partial charge in [-0.15, -0.1) is 0 Å². The van der Waals surface area contributed by atoms with Crippen molar-refractivity contribution in [2.45, 2.75) is 25.2 Å². The first-order valence-electron chi connectivity index (χ1n) is 7.10. The largest absolute Gasteiger partial charge is 0.469 e. The molecule has 2 unspecified atom stereocenters. The molecule has 1 aromatic carbocycles. The van der Waals surface area contributed by atoms with E-state index in [0.717, 1.165) is 12.0 Å². The van der Waals surface area contributed by atoms with Gasteiger partial charge in [-0.1, -0.05) is 12.1 Å². The molecule has 0 spiro atoms. The minimum atomic E-state index is -0.262. The van der Waals surface area contributed by atoms with E-state index in [9.17, 15) is 14.0 Å². The highest BCUT2D eigenvalue weighted by atomic mass is 19.1. The number of ether oxygens (including phenoxy) is 1. The second-order valence-corrected chi connectivity index (χ2v) is 5.44. The molecule has 0 saturated heterocycles. The summed E-state index contributed by atoms with van der Waals surface area (Å²) < 4.78 is 17.4. The normalized spacial score (nSPS) is 20.0. The highest BCUT2D eigenvalue weighted by molar-refractivity contribution is 5.82. The van der Waals surface area contributed by atoms with E-state index in [1.807, 2.05) is 0 Å². The fourth-order valence-corrected chi connectivity index (χ4v) is 2.50. The lowest BCUT2D eigenvalue weighted by Crippen LogP contribution is -2.29. The number of methoxy groups -OCH3 is 1. The Morgan fingerprint density at radius 1 is 1.33 bits per heavy atom. The maximum absolute atomic E-state index is 12.9. The fraction of sp³-hybridized carbons (Fsp3) is 0.500. The highest BCUT2D eigenvalue weighted by Crippen LogP contribution is 2.48. The Morgan fingerprint density at radius 3 is 2.62 bits per heavy atom. The number of carbonyl (C=O) groups excluding carboxylic acids is 2. The molecule has 0 heterocycles. The van der Waals surface area contributed by atoms with Crippen molar-refractivity contribution in [2.75, 3.05) is 20.7 Å². The van der Waals surface area contributed by atoms with E-state index < -0.39 is 0 Å². The van der Waals surface area contributed by atoms with Crippen LogP contribution in [0.5, 0.6) is 0 Å².